The molecule has 2 N–H and O–H groups in total. The van der Waals surface area contributed by atoms with E-state index in [2.05, 4.69) is 15.5 Å². The van der Waals surface area contributed by atoms with E-state index < -0.39 is 11.0 Å². The van der Waals surface area contributed by atoms with Gasteiger partial charge in [-0.05, 0) is 18.2 Å². The number of carbonyl (C=O) groups is 2. The topological polar surface area (TPSA) is 117 Å². The van der Waals surface area contributed by atoms with Crippen molar-refractivity contribution >= 4 is 29.0 Å². The number of benzene rings is 2. The minimum Gasteiger partial charge on any atom is -0.495 e. The zero-order valence-electron chi connectivity index (χ0n) is 16.5. The smallest absolute Gasteiger partial charge is 0.319 e. The molecule has 10 nitrogen and oxygen atoms in total. The van der Waals surface area contributed by atoms with Crippen LogP contribution in [0, 0.1) is 10.1 Å². The first-order chi connectivity index (χ1) is 14.5. The van der Waals surface area contributed by atoms with Crippen LogP contribution in [0.1, 0.15) is 0 Å². The number of carbonyl (C=O) groups excluding carboxylic acids is 2. The van der Waals surface area contributed by atoms with Crippen LogP contribution < -0.4 is 20.3 Å². The van der Waals surface area contributed by atoms with Gasteiger partial charge in [-0.25, -0.2) is 4.79 Å². The lowest BCUT2D eigenvalue weighted by atomic mass is 10.2. The Morgan fingerprint density at radius 3 is 2.43 bits per heavy atom. The number of non-ortho nitro benzene ring substituents is 1. The number of amides is 3. The summed E-state index contributed by atoms with van der Waals surface area (Å²) in [5.41, 5.74) is 1.08. The zero-order valence-corrected chi connectivity index (χ0v) is 16.5. The fourth-order valence-electron chi connectivity index (χ4n) is 3.19. The number of piperazine rings is 1. The van der Waals surface area contributed by atoms with Gasteiger partial charge in [0.05, 0.1) is 24.3 Å². The molecule has 0 aromatic heterocycles. The van der Waals surface area contributed by atoms with E-state index in [-0.39, 0.29) is 29.6 Å². The maximum atomic E-state index is 12.4. The van der Waals surface area contributed by atoms with Gasteiger partial charge in [-0.15, -0.1) is 0 Å². The summed E-state index contributed by atoms with van der Waals surface area (Å²) < 4.78 is 5.10. The van der Waals surface area contributed by atoms with Crippen LogP contribution in [0.5, 0.6) is 5.75 Å². The van der Waals surface area contributed by atoms with Crippen LogP contribution in [0.25, 0.3) is 0 Å². The number of nitro groups is 1. The molecule has 3 rings (SSSR count). The average Bonchev–Trinajstić information content (AvgIpc) is 2.78. The number of hydrogen-bond acceptors (Lipinski definition) is 6. The Kier molecular flexibility index (Phi) is 6.68. The Labute approximate surface area is 173 Å². The van der Waals surface area contributed by atoms with Gasteiger partial charge in [0.15, 0.2) is 0 Å². The Balaban J connectivity index is 1.49. The van der Waals surface area contributed by atoms with Crippen molar-refractivity contribution < 1.29 is 19.2 Å². The summed E-state index contributed by atoms with van der Waals surface area (Å²) >= 11 is 0. The highest BCUT2D eigenvalue weighted by molar-refractivity contribution is 5.93. The van der Waals surface area contributed by atoms with E-state index in [9.17, 15) is 19.7 Å². The molecule has 0 unspecified atom stereocenters. The van der Waals surface area contributed by atoms with Crippen molar-refractivity contribution in [1.82, 2.24) is 10.2 Å². The van der Waals surface area contributed by atoms with E-state index in [0.717, 1.165) is 5.69 Å². The number of hydrogen-bond donors (Lipinski definition) is 2. The number of nitrogens with one attached hydrogen (secondary N) is 2. The number of rotatable bonds is 6. The van der Waals surface area contributed by atoms with Gasteiger partial charge in [0, 0.05) is 44.0 Å². The second kappa shape index (κ2) is 9.59. The van der Waals surface area contributed by atoms with Crippen molar-refractivity contribution in [2.45, 2.75) is 0 Å². The van der Waals surface area contributed by atoms with Crippen LogP contribution in [0.2, 0.25) is 0 Å². The van der Waals surface area contributed by atoms with Crippen LogP contribution in [0.15, 0.2) is 48.5 Å². The first-order valence-electron chi connectivity index (χ1n) is 9.43. The van der Waals surface area contributed by atoms with Gasteiger partial charge in [-0.1, -0.05) is 18.2 Å². The monoisotopic (exact) mass is 413 g/mol. The minimum atomic E-state index is -0.648. The second-order valence-corrected chi connectivity index (χ2v) is 6.65. The highest BCUT2D eigenvalue weighted by atomic mass is 16.6. The predicted octanol–water partition coefficient (Wildman–Crippen LogP) is 2.07. The molecule has 1 heterocycles. The largest absolute Gasteiger partial charge is 0.495 e. The van der Waals surface area contributed by atoms with Gasteiger partial charge >= 0.3 is 6.03 Å². The van der Waals surface area contributed by atoms with Gasteiger partial charge in [0.25, 0.3) is 5.69 Å². The molecule has 0 spiro atoms. The lowest BCUT2D eigenvalue weighted by Crippen LogP contribution is -2.51. The van der Waals surface area contributed by atoms with Crippen LogP contribution in [-0.2, 0) is 4.79 Å². The van der Waals surface area contributed by atoms with Crippen molar-refractivity contribution in [3.8, 4) is 5.75 Å². The first-order valence-corrected chi connectivity index (χ1v) is 9.43. The van der Waals surface area contributed by atoms with Gasteiger partial charge < -0.3 is 25.2 Å². The molecule has 158 valence electrons. The zero-order chi connectivity index (χ0) is 21.5. The van der Waals surface area contributed by atoms with Gasteiger partial charge in [-0.3, -0.25) is 14.9 Å². The average molecular weight is 413 g/mol. The molecule has 0 bridgehead atoms. The van der Waals surface area contributed by atoms with E-state index in [0.29, 0.717) is 26.2 Å². The van der Waals surface area contributed by atoms with E-state index in [1.807, 2.05) is 30.3 Å². The number of anilines is 2. The molecule has 2 aromatic carbocycles. The molecule has 1 aliphatic rings. The second-order valence-electron chi connectivity index (χ2n) is 6.65. The summed E-state index contributed by atoms with van der Waals surface area (Å²) in [7, 11) is 1.39. The van der Waals surface area contributed by atoms with Crippen LogP contribution >= 0.6 is 0 Å². The third kappa shape index (κ3) is 5.16. The number of ether oxygens (including phenoxy) is 1. The van der Waals surface area contributed by atoms with Crippen LogP contribution in [0.3, 0.4) is 0 Å². The molecule has 30 heavy (non-hydrogen) atoms. The molecule has 1 saturated heterocycles. The number of methoxy groups -OCH3 is 1. The van der Waals surface area contributed by atoms with Crippen LogP contribution in [-0.4, -0.2) is 61.6 Å². The quantitative estimate of drug-likeness (QED) is 0.553. The van der Waals surface area contributed by atoms with E-state index in [4.69, 9.17) is 4.74 Å². The molecule has 0 radical (unpaired) electrons. The van der Waals surface area contributed by atoms with Crippen molar-refractivity contribution in [1.29, 1.82) is 0 Å². The normalized spacial score (nSPS) is 13.5. The molecule has 2 aromatic rings. The molecular weight excluding hydrogens is 390 g/mol. The molecule has 0 atom stereocenters. The first kappa shape index (κ1) is 20.9. The van der Waals surface area contributed by atoms with Gasteiger partial charge in [0.1, 0.15) is 5.75 Å². The summed E-state index contributed by atoms with van der Waals surface area (Å²) in [6.45, 7) is 2.39. The van der Waals surface area contributed by atoms with Crippen molar-refractivity contribution in [2.75, 3.05) is 50.1 Å². The molecule has 10 heteroatoms. The van der Waals surface area contributed by atoms with Gasteiger partial charge in [0.2, 0.25) is 5.91 Å². The number of nitro benzene ring substituents is 1. The predicted molar refractivity (Wildman–Crippen MR) is 112 cm³/mol. The summed E-state index contributed by atoms with van der Waals surface area (Å²) in [5.74, 6) is 0.0861. The SMILES string of the molecule is COc1ccc([N+](=O)[O-])cc1NC(=O)NCC(=O)N1CCN(c2ccccc2)CC1. The number of nitrogens with zero attached hydrogens (tertiary/aromatic N) is 3. The third-order valence-corrected chi connectivity index (χ3v) is 4.80. The summed E-state index contributed by atoms with van der Waals surface area (Å²) in [6, 6.07) is 13.2. The molecule has 3 amide bonds. The fourth-order valence-corrected chi connectivity index (χ4v) is 3.19. The van der Waals surface area contributed by atoms with E-state index in [1.165, 1.54) is 25.3 Å². The van der Waals surface area contributed by atoms with Crippen molar-refractivity contribution in [3.05, 3.63) is 58.6 Å². The molecular formula is C20H23N5O5. The van der Waals surface area contributed by atoms with Crippen molar-refractivity contribution in [2.24, 2.45) is 0 Å². The maximum Gasteiger partial charge on any atom is 0.319 e. The highest BCUT2D eigenvalue weighted by Crippen LogP contribution is 2.28. The number of urea groups is 1. The standard InChI is InChI=1S/C20H23N5O5/c1-30-18-8-7-16(25(28)29)13-17(18)22-20(27)21-14-19(26)24-11-9-23(10-12-24)15-5-3-2-4-6-15/h2-8,13H,9-12,14H2,1H3,(H2,21,22,27). The fraction of sp³-hybridized carbons (Fsp3) is 0.300. The van der Waals surface area contributed by atoms with Crippen molar-refractivity contribution in [3.63, 3.8) is 0 Å². The van der Waals surface area contributed by atoms with Crippen LogP contribution in [0.4, 0.5) is 21.9 Å². The lowest BCUT2D eigenvalue weighted by Gasteiger charge is -2.36. The summed E-state index contributed by atoms with van der Waals surface area (Å²) in [4.78, 5) is 38.8. The molecule has 1 aliphatic heterocycles. The van der Waals surface area contributed by atoms with E-state index in [1.54, 1.807) is 4.90 Å². The summed E-state index contributed by atoms with van der Waals surface area (Å²) in [5, 5.41) is 15.9. The minimum absolute atomic E-state index is 0.146. The lowest BCUT2D eigenvalue weighted by molar-refractivity contribution is -0.384. The Morgan fingerprint density at radius 2 is 1.80 bits per heavy atom. The Morgan fingerprint density at radius 1 is 1.10 bits per heavy atom. The molecule has 0 aliphatic carbocycles. The number of para-hydroxylation sites is 1. The third-order valence-electron chi connectivity index (χ3n) is 4.80. The Hall–Kier alpha value is -3.82. The highest BCUT2D eigenvalue weighted by Gasteiger charge is 2.22. The molecule has 1 fully saturated rings. The Bertz CT molecular complexity index is 913. The molecule has 0 saturated carbocycles. The van der Waals surface area contributed by atoms with Gasteiger partial charge in [-0.2, -0.15) is 0 Å². The maximum absolute atomic E-state index is 12.4. The van der Waals surface area contributed by atoms with E-state index >= 15 is 0 Å². The summed E-state index contributed by atoms with van der Waals surface area (Å²) in [6.07, 6.45) is 0.